The highest BCUT2D eigenvalue weighted by molar-refractivity contribution is 5.85. The van der Waals surface area contributed by atoms with Crippen molar-refractivity contribution in [2.75, 3.05) is 27.2 Å². The summed E-state index contributed by atoms with van der Waals surface area (Å²) in [5.74, 6) is 0.706. The number of benzene rings is 2. The summed E-state index contributed by atoms with van der Waals surface area (Å²) < 4.78 is 5.71. The van der Waals surface area contributed by atoms with Crippen LogP contribution in [0.3, 0.4) is 0 Å². The maximum Gasteiger partial charge on any atom is 0.237 e. The van der Waals surface area contributed by atoms with E-state index in [0.717, 1.165) is 29.8 Å². The van der Waals surface area contributed by atoms with Gasteiger partial charge in [-0.05, 0) is 50.2 Å². The maximum atomic E-state index is 12.2. The van der Waals surface area contributed by atoms with E-state index >= 15 is 0 Å². The predicted octanol–water partition coefficient (Wildman–Crippen LogP) is 3.05. The molecule has 2 aromatic carbocycles. The number of halogens is 2. The van der Waals surface area contributed by atoms with E-state index < -0.39 is 6.04 Å². The molecule has 156 valence electrons. The highest BCUT2D eigenvalue weighted by Crippen LogP contribution is 2.12. The molecule has 3 N–H and O–H groups in total. The molecular weight excluding hydrogens is 397 g/mol. The molecule has 0 bridgehead atoms. The summed E-state index contributed by atoms with van der Waals surface area (Å²) in [4.78, 5) is 14.3. The van der Waals surface area contributed by atoms with Crippen molar-refractivity contribution in [3.05, 3.63) is 65.7 Å². The first-order chi connectivity index (χ1) is 12.5. The smallest absolute Gasteiger partial charge is 0.237 e. The SMILES string of the molecule is CN(C)CCCOc1ccc(CNC(=O)C(N)Cc2ccccc2)cc1.Cl.Cl. The lowest BCUT2D eigenvalue weighted by molar-refractivity contribution is -0.122. The standard InChI is InChI=1S/C21H29N3O2.2ClH/c1-24(2)13-6-14-26-19-11-9-18(10-12-19)16-23-21(25)20(22)15-17-7-4-3-5-8-17;;/h3-5,7-12,20H,6,13-16,22H2,1-2H3,(H,23,25);2*1H. The molecular formula is C21H31Cl2N3O2. The van der Waals surface area contributed by atoms with E-state index in [0.29, 0.717) is 19.6 Å². The number of amides is 1. The first-order valence-corrected chi connectivity index (χ1v) is 8.98. The van der Waals surface area contributed by atoms with E-state index in [2.05, 4.69) is 24.3 Å². The first-order valence-electron chi connectivity index (χ1n) is 8.98. The third-order valence-corrected chi connectivity index (χ3v) is 4.04. The van der Waals surface area contributed by atoms with Gasteiger partial charge in [-0.1, -0.05) is 42.5 Å². The second-order valence-corrected chi connectivity index (χ2v) is 6.66. The minimum atomic E-state index is -0.545. The molecule has 7 heteroatoms. The van der Waals surface area contributed by atoms with E-state index in [4.69, 9.17) is 10.5 Å². The lowest BCUT2D eigenvalue weighted by Crippen LogP contribution is -2.41. The molecule has 0 radical (unpaired) electrons. The molecule has 0 fully saturated rings. The first kappa shape index (κ1) is 26.2. The summed E-state index contributed by atoms with van der Waals surface area (Å²) in [6.45, 7) is 2.16. The Morgan fingerprint density at radius 1 is 1.04 bits per heavy atom. The van der Waals surface area contributed by atoms with Gasteiger partial charge < -0.3 is 20.7 Å². The van der Waals surface area contributed by atoms with Gasteiger partial charge in [-0.25, -0.2) is 0 Å². The van der Waals surface area contributed by atoms with Crippen LogP contribution in [0.4, 0.5) is 0 Å². The number of carbonyl (C=O) groups excluding carboxylic acids is 1. The number of carbonyl (C=O) groups is 1. The van der Waals surface area contributed by atoms with Crippen LogP contribution in [0.25, 0.3) is 0 Å². The second kappa shape index (κ2) is 14.2. The van der Waals surface area contributed by atoms with Crippen LogP contribution in [-0.4, -0.2) is 44.1 Å². The fourth-order valence-electron chi connectivity index (χ4n) is 2.56. The van der Waals surface area contributed by atoms with Crippen LogP contribution in [0.2, 0.25) is 0 Å². The van der Waals surface area contributed by atoms with Crippen molar-refractivity contribution < 1.29 is 9.53 Å². The van der Waals surface area contributed by atoms with Crippen molar-refractivity contribution in [3.63, 3.8) is 0 Å². The van der Waals surface area contributed by atoms with Gasteiger partial charge in [0.25, 0.3) is 0 Å². The maximum absolute atomic E-state index is 12.2. The van der Waals surface area contributed by atoms with Crippen LogP contribution in [0.1, 0.15) is 17.5 Å². The van der Waals surface area contributed by atoms with Gasteiger partial charge in [0, 0.05) is 13.1 Å². The van der Waals surface area contributed by atoms with Crippen LogP contribution < -0.4 is 15.8 Å². The Labute approximate surface area is 180 Å². The lowest BCUT2D eigenvalue weighted by atomic mass is 10.1. The molecule has 1 atom stereocenters. The van der Waals surface area contributed by atoms with Gasteiger partial charge in [0.15, 0.2) is 0 Å². The van der Waals surface area contributed by atoms with Crippen molar-refractivity contribution in [3.8, 4) is 5.75 Å². The molecule has 0 heterocycles. The Morgan fingerprint density at radius 2 is 1.68 bits per heavy atom. The Morgan fingerprint density at radius 3 is 2.29 bits per heavy atom. The predicted molar refractivity (Wildman–Crippen MR) is 120 cm³/mol. The van der Waals surface area contributed by atoms with E-state index in [-0.39, 0.29) is 30.7 Å². The Bertz CT molecular complexity index is 667. The van der Waals surface area contributed by atoms with Crippen molar-refractivity contribution in [1.29, 1.82) is 0 Å². The van der Waals surface area contributed by atoms with Crippen molar-refractivity contribution in [2.45, 2.75) is 25.4 Å². The highest BCUT2D eigenvalue weighted by Gasteiger charge is 2.13. The average molecular weight is 428 g/mol. The number of rotatable bonds is 10. The molecule has 28 heavy (non-hydrogen) atoms. The number of nitrogens with two attached hydrogens (primary N) is 1. The molecule has 5 nitrogen and oxygen atoms in total. The van der Waals surface area contributed by atoms with Crippen molar-refractivity contribution >= 4 is 30.7 Å². The lowest BCUT2D eigenvalue weighted by Gasteiger charge is -2.13. The van der Waals surface area contributed by atoms with E-state index in [1.807, 2.05) is 54.6 Å². The summed E-state index contributed by atoms with van der Waals surface area (Å²) >= 11 is 0. The van der Waals surface area contributed by atoms with Gasteiger partial charge in [-0.2, -0.15) is 0 Å². The Kier molecular flexibility index (Phi) is 13.3. The molecule has 0 spiro atoms. The molecule has 0 aromatic heterocycles. The van der Waals surface area contributed by atoms with Crippen LogP contribution in [0.15, 0.2) is 54.6 Å². The zero-order valence-electron chi connectivity index (χ0n) is 16.5. The van der Waals surface area contributed by atoms with Crippen LogP contribution in [0, 0.1) is 0 Å². The molecule has 1 amide bonds. The third kappa shape index (κ3) is 9.95. The van der Waals surface area contributed by atoms with Crippen LogP contribution in [-0.2, 0) is 17.8 Å². The largest absolute Gasteiger partial charge is 0.494 e. The quantitative estimate of drug-likeness (QED) is 0.571. The average Bonchev–Trinajstić information content (AvgIpc) is 2.65. The van der Waals surface area contributed by atoms with Crippen molar-refractivity contribution in [2.24, 2.45) is 5.73 Å². The highest BCUT2D eigenvalue weighted by atomic mass is 35.5. The number of nitrogens with zero attached hydrogens (tertiary/aromatic N) is 1. The van der Waals surface area contributed by atoms with E-state index in [9.17, 15) is 4.79 Å². The topological polar surface area (TPSA) is 67.6 Å². The Hall–Kier alpha value is -1.79. The zero-order valence-corrected chi connectivity index (χ0v) is 18.1. The minimum Gasteiger partial charge on any atom is -0.494 e. The van der Waals surface area contributed by atoms with Gasteiger partial charge >= 0.3 is 0 Å². The molecule has 0 aliphatic heterocycles. The number of nitrogens with one attached hydrogen (secondary N) is 1. The minimum absolute atomic E-state index is 0. The van der Waals surface area contributed by atoms with Crippen LogP contribution >= 0.6 is 24.8 Å². The fourth-order valence-corrected chi connectivity index (χ4v) is 2.56. The second-order valence-electron chi connectivity index (χ2n) is 6.66. The van der Waals surface area contributed by atoms with Gasteiger partial charge in [-0.15, -0.1) is 24.8 Å². The van der Waals surface area contributed by atoms with Crippen LogP contribution in [0.5, 0.6) is 5.75 Å². The van der Waals surface area contributed by atoms with Gasteiger partial charge in [-0.3, -0.25) is 4.79 Å². The van der Waals surface area contributed by atoms with E-state index in [1.54, 1.807) is 0 Å². The molecule has 0 aliphatic carbocycles. The van der Waals surface area contributed by atoms with Crippen molar-refractivity contribution in [1.82, 2.24) is 10.2 Å². The fraction of sp³-hybridized carbons (Fsp3) is 0.381. The number of hydrogen-bond donors (Lipinski definition) is 2. The molecule has 2 rings (SSSR count). The summed E-state index contributed by atoms with van der Waals surface area (Å²) in [6.07, 6.45) is 1.52. The van der Waals surface area contributed by atoms with Gasteiger partial charge in [0.05, 0.1) is 12.6 Å². The zero-order chi connectivity index (χ0) is 18.8. The summed E-state index contributed by atoms with van der Waals surface area (Å²) in [5, 5.41) is 2.89. The summed E-state index contributed by atoms with van der Waals surface area (Å²) in [5.41, 5.74) is 8.07. The summed E-state index contributed by atoms with van der Waals surface area (Å²) in [7, 11) is 4.10. The van der Waals surface area contributed by atoms with Gasteiger partial charge in [0.2, 0.25) is 5.91 Å². The van der Waals surface area contributed by atoms with Gasteiger partial charge in [0.1, 0.15) is 5.75 Å². The summed E-state index contributed by atoms with van der Waals surface area (Å²) in [6, 6.07) is 17.0. The number of hydrogen-bond acceptors (Lipinski definition) is 4. The molecule has 2 aromatic rings. The Balaban J connectivity index is 0.00000364. The molecule has 1 unspecified atom stereocenters. The third-order valence-electron chi connectivity index (χ3n) is 4.04. The number of ether oxygens (including phenoxy) is 1. The monoisotopic (exact) mass is 427 g/mol. The van der Waals surface area contributed by atoms with E-state index in [1.165, 1.54) is 0 Å². The molecule has 0 aliphatic rings. The molecule has 0 saturated heterocycles. The molecule has 0 saturated carbocycles. The normalized spacial score (nSPS) is 11.1.